The van der Waals surface area contributed by atoms with E-state index in [2.05, 4.69) is 10.6 Å². The van der Waals surface area contributed by atoms with E-state index < -0.39 is 11.6 Å². The molecule has 86 valence electrons. The summed E-state index contributed by atoms with van der Waals surface area (Å²) in [7, 11) is 0. The smallest absolute Gasteiger partial charge is 0.241 e. The van der Waals surface area contributed by atoms with Gasteiger partial charge in [-0.05, 0) is 31.5 Å². The summed E-state index contributed by atoms with van der Waals surface area (Å²) in [5, 5.41) is 14.6. The fraction of sp³-hybridized carbons (Fsp3) is 0.364. The average Bonchev–Trinajstić information content (AvgIpc) is 2.77. The Morgan fingerprint density at radius 3 is 3.00 bits per heavy atom. The molecule has 1 heterocycles. The zero-order valence-corrected chi connectivity index (χ0v) is 8.66. The summed E-state index contributed by atoms with van der Waals surface area (Å²) in [5.41, 5.74) is 0.356. The van der Waals surface area contributed by atoms with Crippen molar-refractivity contribution < 1.29 is 14.3 Å². The molecule has 0 aliphatic carbocycles. The lowest BCUT2D eigenvalue weighted by molar-refractivity contribution is -0.117. The molecule has 1 atom stereocenters. The van der Waals surface area contributed by atoms with Crippen molar-refractivity contribution in [2.24, 2.45) is 0 Å². The molecule has 1 fully saturated rings. The molecule has 0 radical (unpaired) electrons. The SMILES string of the molecule is O=C(Nc1ccc(O)c(F)c1)[C@@H]1CCCN1. The van der Waals surface area contributed by atoms with E-state index in [4.69, 9.17) is 5.11 Å². The summed E-state index contributed by atoms with van der Waals surface area (Å²) in [6.45, 7) is 0.835. The summed E-state index contributed by atoms with van der Waals surface area (Å²) in [4.78, 5) is 11.7. The van der Waals surface area contributed by atoms with Gasteiger partial charge in [0.25, 0.3) is 0 Å². The molecule has 1 aliphatic rings. The van der Waals surface area contributed by atoms with Crippen molar-refractivity contribution in [3.8, 4) is 5.75 Å². The molecule has 5 heteroatoms. The zero-order chi connectivity index (χ0) is 11.5. The Bertz CT molecular complexity index is 403. The maximum absolute atomic E-state index is 13.0. The lowest BCUT2D eigenvalue weighted by atomic mass is 10.2. The first-order valence-electron chi connectivity index (χ1n) is 5.19. The number of rotatable bonds is 2. The van der Waals surface area contributed by atoms with Gasteiger partial charge in [-0.2, -0.15) is 0 Å². The highest BCUT2D eigenvalue weighted by Gasteiger charge is 2.21. The van der Waals surface area contributed by atoms with E-state index in [9.17, 15) is 9.18 Å². The maximum atomic E-state index is 13.0. The van der Waals surface area contributed by atoms with E-state index in [1.807, 2.05) is 0 Å². The molecule has 3 N–H and O–H groups in total. The van der Waals surface area contributed by atoms with Gasteiger partial charge in [0.15, 0.2) is 11.6 Å². The van der Waals surface area contributed by atoms with Gasteiger partial charge in [0, 0.05) is 11.8 Å². The van der Waals surface area contributed by atoms with Crippen LogP contribution in [0.5, 0.6) is 5.75 Å². The molecular weight excluding hydrogens is 211 g/mol. The van der Waals surface area contributed by atoms with E-state index in [1.54, 1.807) is 0 Å². The van der Waals surface area contributed by atoms with Crippen LogP contribution >= 0.6 is 0 Å². The van der Waals surface area contributed by atoms with Crippen molar-refractivity contribution in [2.75, 3.05) is 11.9 Å². The van der Waals surface area contributed by atoms with Gasteiger partial charge in [0.1, 0.15) is 0 Å². The number of amides is 1. The second-order valence-electron chi connectivity index (χ2n) is 3.80. The molecular formula is C11H13FN2O2. The first kappa shape index (κ1) is 10.9. The normalized spacial score (nSPS) is 19.7. The summed E-state index contributed by atoms with van der Waals surface area (Å²) >= 11 is 0. The van der Waals surface area contributed by atoms with Crippen molar-refractivity contribution in [3.05, 3.63) is 24.0 Å². The monoisotopic (exact) mass is 224 g/mol. The standard InChI is InChI=1S/C11H13FN2O2/c12-8-6-7(3-4-10(8)15)14-11(16)9-2-1-5-13-9/h3-4,6,9,13,15H,1-2,5H2,(H,14,16)/t9-/m0/s1. The maximum Gasteiger partial charge on any atom is 0.241 e. The number of carbonyl (C=O) groups excluding carboxylic acids is 1. The zero-order valence-electron chi connectivity index (χ0n) is 8.66. The van der Waals surface area contributed by atoms with Crippen LogP contribution in [0.25, 0.3) is 0 Å². The third-order valence-corrected chi connectivity index (χ3v) is 2.59. The van der Waals surface area contributed by atoms with Gasteiger partial charge in [-0.3, -0.25) is 4.79 Å². The number of carbonyl (C=O) groups is 1. The van der Waals surface area contributed by atoms with Gasteiger partial charge in [-0.15, -0.1) is 0 Å². The number of hydrogen-bond donors (Lipinski definition) is 3. The number of anilines is 1. The van der Waals surface area contributed by atoms with Gasteiger partial charge in [-0.25, -0.2) is 4.39 Å². The Labute approximate surface area is 92.5 Å². The molecule has 0 bridgehead atoms. The Morgan fingerprint density at radius 2 is 2.38 bits per heavy atom. The van der Waals surface area contributed by atoms with Gasteiger partial charge in [0.05, 0.1) is 6.04 Å². The van der Waals surface area contributed by atoms with Crippen LogP contribution in [0.15, 0.2) is 18.2 Å². The minimum absolute atomic E-state index is 0.164. The van der Waals surface area contributed by atoms with Gasteiger partial charge >= 0.3 is 0 Å². The third-order valence-electron chi connectivity index (χ3n) is 2.59. The summed E-state index contributed by atoms with van der Waals surface area (Å²) in [6.07, 6.45) is 1.77. The predicted molar refractivity (Wildman–Crippen MR) is 57.7 cm³/mol. The minimum Gasteiger partial charge on any atom is -0.505 e. The van der Waals surface area contributed by atoms with Crippen LogP contribution in [0.1, 0.15) is 12.8 Å². The first-order valence-corrected chi connectivity index (χ1v) is 5.19. The van der Waals surface area contributed by atoms with Gasteiger partial charge in [-0.1, -0.05) is 0 Å². The highest BCUT2D eigenvalue weighted by molar-refractivity contribution is 5.95. The van der Waals surface area contributed by atoms with E-state index in [1.165, 1.54) is 12.1 Å². The fourth-order valence-corrected chi connectivity index (χ4v) is 1.72. The number of benzene rings is 1. The average molecular weight is 224 g/mol. The van der Waals surface area contributed by atoms with Crippen molar-refractivity contribution in [1.29, 1.82) is 0 Å². The van der Waals surface area contributed by atoms with Crippen molar-refractivity contribution in [1.82, 2.24) is 5.32 Å². The van der Waals surface area contributed by atoms with Crippen molar-refractivity contribution >= 4 is 11.6 Å². The number of phenolic OH excluding ortho intramolecular Hbond substituents is 1. The number of halogens is 1. The summed E-state index contributed by atoms with van der Waals surface area (Å²) in [5.74, 6) is -1.32. The molecule has 0 spiro atoms. The van der Waals surface area contributed by atoms with Gasteiger partial charge in [0.2, 0.25) is 5.91 Å². The molecule has 1 amide bonds. The Hall–Kier alpha value is -1.62. The largest absolute Gasteiger partial charge is 0.505 e. The number of phenols is 1. The van der Waals surface area contributed by atoms with Crippen LogP contribution in [0.3, 0.4) is 0 Å². The number of aromatic hydroxyl groups is 1. The molecule has 2 rings (SSSR count). The topological polar surface area (TPSA) is 61.4 Å². The molecule has 4 nitrogen and oxygen atoms in total. The number of hydrogen-bond acceptors (Lipinski definition) is 3. The van der Waals surface area contributed by atoms with E-state index in [0.717, 1.165) is 25.5 Å². The summed E-state index contributed by atoms with van der Waals surface area (Å²) < 4.78 is 13.0. The highest BCUT2D eigenvalue weighted by atomic mass is 19.1. The van der Waals surface area contributed by atoms with Gasteiger partial charge < -0.3 is 15.7 Å². The molecule has 1 aromatic rings. The van der Waals surface area contributed by atoms with E-state index in [0.29, 0.717) is 5.69 Å². The molecule has 1 aliphatic heterocycles. The molecule has 1 aromatic carbocycles. The van der Waals surface area contributed by atoms with Crippen LogP contribution in [0.4, 0.5) is 10.1 Å². The lowest BCUT2D eigenvalue weighted by Gasteiger charge is -2.11. The number of nitrogens with one attached hydrogen (secondary N) is 2. The molecule has 0 saturated carbocycles. The van der Waals surface area contributed by atoms with Crippen molar-refractivity contribution in [3.63, 3.8) is 0 Å². The molecule has 0 aromatic heterocycles. The minimum atomic E-state index is -0.739. The molecule has 1 saturated heterocycles. The quantitative estimate of drug-likeness (QED) is 0.662. The van der Waals surface area contributed by atoms with Crippen LogP contribution in [-0.4, -0.2) is 23.6 Å². The van der Waals surface area contributed by atoms with Crippen molar-refractivity contribution in [2.45, 2.75) is 18.9 Å². The highest BCUT2D eigenvalue weighted by Crippen LogP contribution is 2.19. The Balaban J connectivity index is 2.02. The predicted octanol–water partition coefficient (Wildman–Crippen LogP) is 1.22. The molecule has 16 heavy (non-hydrogen) atoms. The van der Waals surface area contributed by atoms with Crippen LogP contribution in [0.2, 0.25) is 0 Å². The second-order valence-corrected chi connectivity index (χ2v) is 3.80. The molecule has 0 unspecified atom stereocenters. The van der Waals surface area contributed by atoms with Crippen LogP contribution in [-0.2, 0) is 4.79 Å². The Kier molecular flexibility index (Phi) is 3.05. The second kappa shape index (κ2) is 4.49. The fourth-order valence-electron chi connectivity index (χ4n) is 1.72. The first-order chi connectivity index (χ1) is 7.66. The van der Waals surface area contributed by atoms with Crippen LogP contribution < -0.4 is 10.6 Å². The summed E-state index contributed by atoms with van der Waals surface area (Å²) in [6, 6.07) is 3.58. The van der Waals surface area contributed by atoms with E-state index >= 15 is 0 Å². The van der Waals surface area contributed by atoms with E-state index in [-0.39, 0.29) is 11.9 Å². The van der Waals surface area contributed by atoms with Crippen LogP contribution in [0, 0.1) is 5.82 Å². The third kappa shape index (κ3) is 2.30. The lowest BCUT2D eigenvalue weighted by Crippen LogP contribution is -2.35. The Morgan fingerprint density at radius 1 is 1.56 bits per heavy atom.